The van der Waals surface area contributed by atoms with Crippen molar-refractivity contribution in [3.63, 3.8) is 0 Å². The lowest BCUT2D eigenvalue weighted by Gasteiger charge is -2.26. The molecule has 1 fully saturated rings. The Morgan fingerprint density at radius 1 is 1.19 bits per heavy atom. The van der Waals surface area contributed by atoms with Crippen LogP contribution in [0.4, 0.5) is 0 Å². The van der Waals surface area contributed by atoms with Crippen LogP contribution in [-0.2, 0) is 21.0 Å². The maximum Gasteiger partial charge on any atom is 0.309 e. The van der Waals surface area contributed by atoms with E-state index in [1.165, 1.54) is 0 Å². The second-order valence-corrected chi connectivity index (χ2v) is 5.33. The van der Waals surface area contributed by atoms with Crippen molar-refractivity contribution < 1.29 is 19.5 Å². The summed E-state index contributed by atoms with van der Waals surface area (Å²) >= 11 is 0. The van der Waals surface area contributed by atoms with Gasteiger partial charge in [0, 0.05) is 0 Å². The predicted octanol–water partition coefficient (Wildman–Crippen LogP) is 2.74. The van der Waals surface area contributed by atoms with Crippen molar-refractivity contribution in [3.05, 3.63) is 46.0 Å². The maximum atomic E-state index is 12.0. The Morgan fingerprint density at radius 2 is 1.86 bits per heavy atom. The summed E-state index contributed by atoms with van der Waals surface area (Å²) in [5.41, 5.74) is 0.971. The van der Waals surface area contributed by atoms with Crippen LogP contribution < -0.4 is 0 Å². The van der Waals surface area contributed by atoms with Gasteiger partial charge in [0.1, 0.15) is 6.61 Å². The molecular weight excluding hydrogens is 274 g/mol. The van der Waals surface area contributed by atoms with Crippen molar-refractivity contribution in [1.82, 2.24) is 0 Å². The number of esters is 1. The molecule has 0 bridgehead atoms. The van der Waals surface area contributed by atoms with E-state index in [9.17, 15) is 14.9 Å². The summed E-state index contributed by atoms with van der Waals surface area (Å²) in [7, 11) is 0. The second-order valence-electron chi connectivity index (χ2n) is 5.33. The van der Waals surface area contributed by atoms with Crippen LogP contribution in [0.5, 0.6) is 0 Å². The second kappa shape index (κ2) is 7.61. The van der Waals surface area contributed by atoms with Crippen LogP contribution in [0, 0.1) is 22.0 Å². The first-order valence-corrected chi connectivity index (χ1v) is 7.13. The van der Waals surface area contributed by atoms with E-state index in [1.807, 2.05) is 30.3 Å². The zero-order valence-electron chi connectivity index (χ0n) is 11.8. The van der Waals surface area contributed by atoms with Gasteiger partial charge >= 0.3 is 5.97 Å². The first kappa shape index (κ1) is 15.3. The number of carbonyl (C=O) groups excluding carboxylic acids is 1. The Balaban J connectivity index is 1.69. The molecule has 1 saturated carbocycles. The Kier molecular flexibility index (Phi) is 5.54. The zero-order valence-corrected chi connectivity index (χ0v) is 11.8. The van der Waals surface area contributed by atoms with Crippen molar-refractivity contribution >= 4 is 5.97 Å². The number of benzene rings is 1. The average Bonchev–Trinajstić information content (AvgIpc) is 2.52. The third-order valence-electron chi connectivity index (χ3n) is 3.82. The molecule has 0 N–H and O–H groups in total. The van der Waals surface area contributed by atoms with E-state index >= 15 is 0 Å². The largest absolute Gasteiger partial charge is 0.461 e. The fraction of sp³-hybridized carbons (Fsp3) is 0.533. The highest BCUT2D eigenvalue weighted by molar-refractivity contribution is 5.72. The van der Waals surface area contributed by atoms with Crippen LogP contribution in [0.2, 0.25) is 0 Å². The van der Waals surface area contributed by atoms with E-state index in [0.29, 0.717) is 19.4 Å². The van der Waals surface area contributed by atoms with Crippen molar-refractivity contribution in [2.24, 2.45) is 11.8 Å². The molecule has 1 aromatic carbocycles. The van der Waals surface area contributed by atoms with Gasteiger partial charge in [0.25, 0.3) is 5.09 Å². The van der Waals surface area contributed by atoms with Gasteiger partial charge in [-0.2, -0.15) is 0 Å². The minimum absolute atomic E-state index is 0.0967. The number of carbonyl (C=O) groups is 1. The fourth-order valence-electron chi connectivity index (χ4n) is 2.58. The number of rotatable bonds is 6. The highest BCUT2D eigenvalue weighted by atomic mass is 16.9. The SMILES string of the molecule is O=C(OCc1ccccc1)C1CCC(CO[N+](=O)[O-])CC1. The molecule has 1 aliphatic rings. The molecule has 1 aromatic rings. The van der Waals surface area contributed by atoms with Crippen LogP contribution >= 0.6 is 0 Å². The lowest BCUT2D eigenvalue weighted by Crippen LogP contribution is -2.26. The fourth-order valence-corrected chi connectivity index (χ4v) is 2.58. The zero-order chi connectivity index (χ0) is 15.1. The van der Waals surface area contributed by atoms with Crippen LogP contribution in [0.25, 0.3) is 0 Å². The standard InChI is InChI=1S/C15H19NO5/c17-15(20-10-12-4-2-1-3-5-12)14-8-6-13(7-9-14)11-21-16(18)19/h1-5,13-14H,6-11H2. The molecule has 6 heteroatoms. The number of hydrogen-bond acceptors (Lipinski definition) is 5. The molecule has 6 nitrogen and oxygen atoms in total. The summed E-state index contributed by atoms with van der Waals surface area (Å²) in [4.78, 5) is 26.5. The maximum absolute atomic E-state index is 12.0. The Morgan fingerprint density at radius 3 is 2.48 bits per heavy atom. The highest BCUT2D eigenvalue weighted by Crippen LogP contribution is 2.30. The third-order valence-corrected chi connectivity index (χ3v) is 3.82. The van der Waals surface area contributed by atoms with Crippen molar-refractivity contribution in [2.45, 2.75) is 32.3 Å². The summed E-state index contributed by atoms with van der Waals surface area (Å²) in [6.45, 7) is 0.419. The number of ether oxygens (including phenoxy) is 1. The molecular formula is C15H19NO5. The first-order valence-electron chi connectivity index (χ1n) is 7.13. The molecule has 21 heavy (non-hydrogen) atoms. The number of nitrogens with zero attached hydrogens (tertiary/aromatic N) is 1. The molecule has 0 saturated heterocycles. The van der Waals surface area contributed by atoms with E-state index < -0.39 is 5.09 Å². The molecule has 0 radical (unpaired) electrons. The van der Waals surface area contributed by atoms with E-state index in [0.717, 1.165) is 18.4 Å². The topological polar surface area (TPSA) is 78.7 Å². The van der Waals surface area contributed by atoms with Gasteiger partial charge in [-0.25, -0.2) is 0 Å². The average molecular weight is 293 g/mol. The lowest BCUT2D eigenvalue weighted by atomic mass is 9.82. The molecule has 0 unspecified atom stereocenters. The van der Waals surface area contributed by atoms with Crippen LogP contribution in [0.1, 0.15) is 31.2 Å². The summed E-state index contributed by atoms with van der Waals surface area (Å²) in [6, 6.07) is 9.56. The van der Waals surface area contributed by atoms with E-state index in [4.69, 9.17) is 4.74 Å². The van der Waals surface area contributed by atoms with Gasteiger partial charge in [0.05, 0.1) is 12.5 Å². The summed E-state index contributed by atoms with van der Waals surface area (Å²) in [5.74, 6) is -0.110. The number of hydrogen-bond donors (Lipinski definition) is 0. The molecule has 0 heterocycles. The molecule has 2 rings (SSSR count). The van der Waals surface area contributed by atoms with Crippen LogP contribution in [-0.4, -0.2) is 17.7 Å². The van der Waals surface area contributed by atoms with Crippen molar-refractivity contribution in [2.75, 3.05) is 6.61 Å². The van der Waals surface area contributed by atoms with E-state index in [-0.39, 0.29) is 24.4 Å². The quantitative estimate of drug-likeness (QED) is 0.458. The van der Waals surface area contributed by atoms with Crippen molar-refractivity contribution in [3.8, 4) is 0 Å². The molecule has 0 aliphatic heterocycles. The van der Waals surface area contributed by atoms with Gasteiger partial charge in [-0.05, 0) is 37.2 Å². The van der Waals surface area contributed by atoms with E-state index in [1.54, 1.807) is 0 Å². The van der Waals surface area contributed by atoms with Gasteiger partial charge < -0.3 is 9.57 Å². The van der Waals surface area contributed by atoms with Gasteiger partial charge in [0.15, 0.2) is 0 Å². The Hall–Kier alpha value is -2.11. The molecule has 0 aromatic heterocycles. The van der Waals surface area contributed by atoms with E-state index in [2.05, 4.69) is 4.84 Å². The van der Waals surface area contributed by atoms with Crippen molar-refractivity contribution in [1.29, 1.82) is 0 Å². The predicted molar refractivity (Wildman–Crippen MR) is 74.6 cm³/mol. The molecule has 0 amide bonds. The lowest BCUT2D eigenvalue weighted by molar-refractivity contribution is -0.759. The summed E-state index contributed by atoms with van der Waals surface area (Å²) in [6.07, 6.45) is 2.94. The minimum atomic E-state index is -0.764. The van der Waals surface area contributed by atoms with Gasteiger partial charge in [0.2, 0.25) is 0 Å². The monoisotopic (exact) mass is 293 g/mol. The van der Waals surface area contributed by atoms with Crippen LogP contribution in [0.3, 0.4) is 0 Å². The smallest absolute Gasteiger partial charge is 0.309 e. The minimum Gasteiger partial charge on any atom is -0.461 e. The third kappa shape index (κ3) is 5.06. The Bertz CT molecular complexity index is 468. The summed E-state index contributed by atoms with van der Waals surface area (Å²) in [5, 5.41) is 9.38. The highest BCUT2D eigenvalue weighted by Gasteiger charge is 2.27. The molecule has 0 spiro atoms. The molecule has 0 atom stereocenters. The van der Waals surface area contributed by atoms with Crippen LogP contribution in [0.15, 0.2) is 30.3 Å². The van der Waals surface area contributed by atoms with Gasteiger partial charge in [-0.15, -0.1) is 10.1 Å². The van der Waals surface area contributed by atoms with Gasteiger partial charge in [-0.3, -0.25) is 4.79 Å². The molecule has 114 valence electrons. The normalized spacial score (nSPS) is 21.5. The Labute approximate surface area is 123 Å². The van der Waals surface area contributed by atoms with Gasteiger partial charge in [-0.1, -0.05) is 30.3 Å². The molecule has 1 aliphatic carbocycles. The summed E-state index contributed by atoms with van der Waals surface area (Å²) < 4.78 is 5.32. The first-order chi connectivity index (χ1) is 10.1.